The largest absolute Gasteiger partial charge is 0.491 e. The first kappa shape index (κ1) is 18.2. The molecule has 0 aliphatic carbocycles. The summed E-state index contributed by atoms with van der Waals surface area (Å²) in [5.74, 6) is 0.434. The summed E-state index contributed by atoms with van der Waals surface area (Å²) in [5, 5.41) is 0. The highest BCUT2D eigenvalue weighted by molar-refractivity contribution is 5.86. The molecule has 4 heteroatoms. The zero-order chi connectivity index (χ0) is 16.6. The van der Waals surface area contributed by atoms with E-state index >= 15 is 0 Å². The maximum atomic E-state index is 11.1. The molecule has 0 bridgehead atoms. The third kappa shape index (κ3) is 6.76. The maximum absolute atomic E-state index is 11.1. The van der Waals surface area contributed by atoms with Crippen LogP contribution < -0.4 is 4.74 Å². The van der Waals surface area contributed by atoms with Crippen molar-refractivity contribution in [3.8, 4) is 5.75 Å². The van der Waals surface area contributed by atoms with E-state index in [0.29, 0.717) is 25.4 Å². The third-order valence-electron chi connectivity index (χ3n) is 3.03. The second-order valence-electron chi connectivity index (χ2n) is 6.15. The minimum atomic E-state index is -0.390. The molecule has 0 spiro atoms. The van der Waals surface area contributed by atoms with Crippen molar-refractivity contribution < 1.29 is 19.0 Å². The van der Waals surface area contributed by atoms with Crippen molar-refractivity contribution in [1.29, 1.82) is 0 Å². The molecule has 22 heavy (non-hydrogen) atoms. The topological polar surface area (TPSA) is 44.8 Å². The lowest BCUT2D eigenvalue weighted by Gasteiger charge is -2.19. The zero-order valence-corrected chi connectivity index (χ0v) is 14.0. The molecule has 0 radical (unpaired) electrons. The molecule has 0 unspecified atom stereocenters. The second-order valence-corrected chi connectivity index (χ2v) is 6.15. The molecular weight excluding hydrogens is 280 g/mol. The number of hydrogen-bond donors (Lipinski definition) is 0. The first-order chi connectivity index (χ1) is 10.3. The molecule has 0 atom stereocenters. The summed E-state index contributed by atoms with van der Waals surface area (Å²) in [6.07, 6.45) is 0. The van der Waals surface area contributed by atoms with E-state index in [2.05, 4.69) is 39.5 Å². The van der Waals surface area contributed by atoms with Gasteiger partial charge in [-0.05, 0) is 30.0 Å². The Bertz CT molecular complexity index is 483. The summed E-state index contributed by atoms with van der Waals surface area (Å²) in [7, 11) is 0. The predicted octanol–water partition coefficient (Wildman–Crippen LogP) is 3.50. The molecule has 122 valence electrons. The molecule has 0 heterocycles. The van der Waals surface area contributed by atoms with Crippen LogP contribution >= 0.6 is 0 Å². The standard InChI is InChI=1S/C18H26O4/c1-14(2)17(19)22-13-11-20-10-12-21-16-8-6-15(7-9-16)18(3,4)5/h6-9H,1,10-13H2,2-5H3. The fourth-order valence-electron chi connectivity index (χ4n) is 1.69. The molecule has 0 fully saturated rings. The Morgan fingerprint density at radius 3 is 2.18 bits per heavy atom. The van der Waals surface area contributed by atoms with E-state index in [1.807, 2.05) is 12.1 Å². The Morgan fingerprint density at radius 2 is 1.64 bits per heavy atom. The van der Waals surface area contributed by atoms with Crippen molar-refractivity contribution in [2.45, 2.75) is 33.1 Å². The van der Waals surface area contributed by atoms with E-state index in [-0.39, 0.29) is 12.0 Å². The van der Waals surface area contributed by atoms with Gasteiger partial charge in [0.25, 0.3) is 0 Å². The van der Waals surface area contributed by atoms with Gasteiger partial charge in [0.15, 0.2) is 0 Å². The van der Waals surface area contributed by atoms with Gasteiger partial charge in [0.1, 0.15) is 19.0 Å². The van der Waals surface area contributed by atoms with Gasteiger partial charge in [0.05, 0.1) is 13.2 Å². The lowest BCUT2D eigenvalue weighted by molar-refractivity contribution is -0.140. The van der Waals surface area contributed by atoms with Gasteiger partial charge in [0, 0.05) is 5.57 Å². The molecule has 1 aromatic rings. The highest BCUT2D eigenvalue weighted by Crippen LogP contribution is 2.24. The van der Waals surface area contributed by atoms with Crippen molar-refractivity contribution in [1.82, 2.24) is 0 Å². The maximum Gasteiger partial charge on any atom is 0.333 e. The Balaban J connectivity index is 2.15. The molecule has 0 amide bonds. The van der Waals surface area contributed by atoms with Crippen LogP contribution in [0.1, 0.15) is 33.3 Å². The van der Waals surface area contributed by atoms with E-state index in [1.165, 1.54) is 5.56 Å². The van der Waals surface area contributed by atoms with Crippen molar-refractivity contribution >= 4 is 5.97 Å². The van der Waals surface area contributed by atoms with Crippen molar-refractivity contribution in [3.05, 3.63) is 42.0 Å². The molecule has 0 aromatic heterocycles. The third-order valence-corrected chi connectivity index (χ3v) is 3.03. The number of ether oxygens (including phenoxy) is 3. The summed E-state index contributed by atoms with van der Waals surface area (Å²) in [6, 6.07) is 8.09. The van der Waals surface area contributed by atoms with Crippen molar-refractivity contribution in [2.24, 2.45) is 0 Å². The lowest BCUT2D eigenvalue weighted by Crippen LogP contribution is -2.14. The molecule has 0 N–H and O–H groups in total. The van der Waals surface area contributed by atoms with Crippen LogP contribution in [0.5, 0.6) is 5.75 Å². The number of carbonyl (C=O) groups excluding carboxylic acids is 1. The van der Waals surface area contributed by atoms with E-state index in [9.17, 15) is 4.79 Å². The lowest BCUT2D eigenvalue weighted by atomic mass is 9.87. The van der Waals surface area contributed by atoms with Crippen LogP contribution in [0, 0.1) is 0 Å². The Kier molecular flexibility index (Phi) is 7.12. The SMILES string of the molecule is C=C(C)C(=O)OCCOCCOc1ccc(C(C)(C)C)cc1. The number of benzene rings is 1. The minimum absolute atomic E-state index is 0.142. The molecule has 1 aromatic carbocycles. The van der Waals surface area contributed by atoms with Crippen LogP contribution in [0.4, 0.5) is 0 Å². The van der Waals surface area contributed by atoms with E-state index in [4.69, 9.17) is 14.2 Å². The Morgan fingerprint density at radius 1 is 1.05 bits per heavy atom. The van der Waals surface area contributed by atoms with Crippen LogP contribution in [0.3, 0.4) is 0 Å². The first-order valence-corrected chi connectivity index (χ1v) is 7.44. The number of hydrogen-bond acceptors (Lipinski definition) is 4. The normalized spacial score (nSPS) is 11.1. The highest BCUT2D eigenvalue weighted by Gasteiger charge is 2.12. The van der Waals surface area contributed by atoms with Crippen molar-refractivity contribution in [2.75, 3.05) is 26.4 Å². The highest BCUT2D eigenvalue weighted by atomic mass is 16.6. The van der Waals surface area contributed by atoms with E-state index in [0.717, 1.165) is 5.75 Å². The summed E-state index contributed by atoms with van der Waals surface area (Å²) >= 11 is 0. The monoisotopic (exact) mass is 306 g/mol. The first-order valence-electron chi connectivity index (χ1n) is 7.44. The van der Waals surface area contributed by atoms with Gasteiger partial charge in [-0.15, -0.1) is 0 Å². The van der Waals surface area contributed by atoms with Gasteiger partial charge in [-0.25, -0.2) is 4.79 Å². The van der Waals surface area contributed by atoms with E-state index < -0.39 is 5.97 Å². The van der Waals surface area contributed by atoms with Gasteiger partial charge >= 0.3 is 5.97 Å². The smallest absolute Gasteiger partial charge is 0.333 e. The van der Waals surface area contributed by atoms with Crippen LogP contribution in [0.15, 0.2) is 36.4 Å². The fraction of sp³-hybridized carbons (Fsp3) is 0.500. The second kappa shape index (κ2) is 8.59. The number of esters is 1. The molecule has 0 saturated carbocycles. The van der Waals surface area contributed by atoms with Gasteiger partial charge in [-0.3, -0.25) is 0 Å². The average molecular weight is 306 g/mol. The molecule has 1 rings (SSSR count). The van der Waals surface area contributed by atoms with Crippen molar-refractivity contribution in [3.63, 3.8) is 0 Å². The fourth-order valence-corrected chi connectivity index (χ4v) is 1.69. The molecule has 4 nitrogen and oxygen atoms in total. The van der Waals surface area contributed by atoms with Crippen LogP contribution in [0.25, 0.3) is 0 Å². The zero-order valence-electron chi connectivity index (χ0n) is 14.0. The van der Waals surface area contributed by atoms with Gasteiger partial charge in [-0.2, -0.15) is 0 Å². The van der Waals surface area contributed by atoms with Crippen LogP contribution in [-0.2, 0) is 19.7 Å². The number of carbonyl (C=O) groups is 1. The van der Waals surface area contributed by atoms with Crippen LogP contribution in [-0.4, -0.2) is 32.4 Å². The summed E-state index contributed by atoms with van der Waals surface area (Å²) in [6.45, 7) is 13.1. The van der Waals surface area contributed by atoms with Crippen LogP contribution in [0.2, 0.25) is 0 Å². The molecule has 0 aliphatic heterocycles. The summed E-state index contributed by atoms with van der Waals surface area (Å²) in [4.78, 5) is 11.1. The summed E-state index contributed by atoms with van der Waals surface area (Å²) in [5.41, 5.74) is 1.81. The van der Waals surface area contributed by atoms with E-state index in [1.54, 1.807) is 6.92 Å². The minimum Gasteiger partial charge on any atom is -0.491 e. The predicted molar refractivity (Wildman–Crippen MR) is 87.2 cm³/mol. The molecular formula is C18H26O4. The number of rotatable bonds is 8. The van der Waals surface area contributed by atoms with Gasteiger partial charge in [-0.1, -0.05) is 39.5 Å². The molecule has 0 saturated heterocycles. The Labute approximate surface area is 133 Å². The average Bonchev–Trinajstić information content (AvgIpc) is 2.45. The van der Waals surface area contributed by atoms with Gasteiger partial charge < -0.3 is 14.2 Å². The van der Waals surface area contributed by atoms with Gasteiger partial charge in [0.2, 0.25) is 0 Å². The molecule has 0 aliphatic rings. The Hall–Kier alpha value is -1.81. The summed E-state index contributed by atoms with van der Waals surface area (Å²) < 4.78 is 15.8. The quantitative estimate of drug-likeness (QED) is 0.419.